The van der Waals surface area contributed by atoms with E-state index in [-0.39, 0.29) is 24.1 Å². The molecule has 32 heavy (non-hydrogen) atoms. The molecule has 3 rings (SSSR count). The van der Waals surface area contributed by atoms with Crippen LogP contribution in [0.1, 0.15) is 74.9 Å². The van der Waals surface area contributed by atoms with Crippen LogP contribution in [0.3, 0.4) is 0 Å². The Hall–Kier alpha value is -2.12. The van der Waals surface area contributed by atoms with Crippen LogP contribution in [0.2, 0.25) is 0 Å². The van der Waals surface area contributed by atoms with Crippen molar-refractivity contribution >= 4 is 6.08 Å². The second-order valence-electron chi connectivity index (χ2n) is 9.01. The Kier molecular flexibility index (Phi) is 8.17. The summed E-state index contributed by atoms with van der Waals surface area (Å²) in [7, 11) is 1.66. The molecule has 0 bridgehead atoms. The van der Waals surface area contributed by atoms with Crippen molar-refractivity contribution in [2.75, 3.05) is 7.11 Å². The number of rotatable bonds is 7. The molecular formula is C26H34FNO4. The molecule has 3 atom stereocenters. The number of ether oxygens (including phenoxy) is 2. The van der Waals surface area contributed by atoms with Gasteiger partial charge in [-0.25, -0.2) is 4.39 Å². The predicted octanol–water partition coefficient (Wildman–Crippen LogP) is 5.15. The van der Waals surface area contributed by atoms with Crippen LogP contribution in [-0.4, -0.2) is 40.8 Å². The zero-order valence-corrected chi connectivity index (χ0v) is 19.5. The highest BCUT2D eigenvalue weighted by Gasteiger charge is 2.26. The Morgan fingerprint density at radius 2 is 1.78 bits per heavy atom. The molecule has 2 aromatic rings. The first-order valence-electron chi connectivity index (χ1n) is 11.2. The molecule has 0 aliphatic carbocycles. The molecule has 174 valence electrons. The number of pyridine rings is 1. The van der Waals surface area contributed by atoms with E-state index in [0.717, 1.165) is 33.6 Å². The van der Waals surface area contributed by atoms with Crippen molar-refractivity contribution in [1.29, 1.82) is 0 Å². The molecule has 2 heterocycles. The van der Waals surface area contributed by atoms with E-state index in [1.807, 2.05) is 12.2 Å². The number of nitrogens with zero attached hydrogens (tertiary/aromatic N) is 1. The number of methoxy groups -OCH3 is 1. The summed E-state index contributed by atoms with van der Waals surface area (Å²) in [5, 5.41) is 19.9. The Morgan fingerprint density at radius 1 is 1.12 bits per heavy atom. The minimum absolute atomic E-state index is 0.145. The van der Waals surface area contributed by atoms with E-state index in [2.05, 4.69) is 27.7 Å². The fourth-order valence-corrected chi connectivity index (χ4v) is 4.24. The summed E-state index contributed by atoms with van der Waals surface area (Å²) in [5.74, 6) is 0.0354. The van der Waals surface area contributed by atoms with E-state index in [1.165, 1.54) is 12.1 Å². The van der Waals surface area contributed by atoms with Gasteiger partial charge in [-0.1, -0.05) is 52.0 Å². The Bertz CT molecular complexity index is 930. The average molecular weight is 446 g/mol. The number of aliphatic hydroxyl groups is 2. The van der Waals surface area contributed by atoms with Gasteiger partial charge in [0.1, 0.15) is 5.82 Å². The number of aliphatic hydroxyl groups excluding tert-OH is 2. The van der Waals surface area contributed by atoms with E-state index in [1.54, 1.807) is 19.2 Å². The minimum atomic E-state index is -0.986. The van der Waals surface area contributed by atoms with Crippen molar-refractivity contribution in [2.24, 2.45) is 0 Å². The van der Waals surface area contributed by atoms with Crippen LogP contribution in [0.5, 0.6) is 0 Å². The summed E-state index contributed by atoms with van der Waals surface area (Å²) >= 11 is 0. The fraction of sp³-hybridized carbons (Fsp3) is 0.500. The van der Waals surface area contributed by atoms with Crippen LogP contribution in [0.4, 0.5) is 4.39 Å². The lowest BCUT2D eigenvalue weighted by molar-refractivity contribution is -0.175. The first kappa shape index (κ1) is 24.5. The van der Waals surface area contributed by atoms with Crippen LogP contribution in [0, 0.1) is 5.82 Å². The third-order valence-corrected chi connectivity index (χ3v) is 5.70. The highest BCUT2D eigenvalue weighted by Crippen LogP contribution is 2.38. The molecule has 0 amide bonds. The van der Waals surface area contributed by atoms with Crippen LogP contribution in [-0.2, 0) is 16.1 Å². The van der Waals surface area contributed by atoms with Gasteiger partial charge in [-0.05, 0) is 35.1 Å². The number of hydrogen-bond donors (Lipinski definition) is 2. The number of halogens is 1. The molecule has 1 aromatic heterocycles. The van der Waals surface area contributed by atoms with Crippen molar-refractivity contribution in [1.82, 2.24) is 4.98 Å². The highest BCUT2D eigenvalue weighted by atomic mass is 19.1. The summed E-state index contributed by atoms with van der Waals surface area (Å²) in [6.07, 6.45) is 2.45. The molecule has 2 N–H and O–H groups in total. The SMILES string of the molecule is COCc1c(C(C)C)nc(C(C)C)c(/[14CH]=C/[C@@H]2C[C@@H](O)CC(O)O2)c1-c1ccc(F)cc1. The first-order chi connectivity index (χ1) is 15.2. The lowest BCUT2D eigenvalue weighted by atomic mass is 9.90. The van der Waals surface area contributed by atoms with E-state index >= 15 is 0 Å². The first-order valence-corrected chi connectivity index (χ1v) is 11.2. The van der Waals surface area contributed by atoms with Gasteiger partial charge in [-0.3, -0.25) is 4.98 Å². The van der Waals surface area contributed by atoms with Gasteiger partial charge in [-0.2, -0.15) is 0 Å². The molecule has 1 saturated heterocycles. The maximum absolute atomic E-state index is 13.7. The quantitative estimate of drug-likeness (QED) is 0.617. The third-order valence-electron chi connectivity index (χ3n) is 5.70. The number of aromatic nitrogens is 1. The van der Waals surface area contributed by atoms with Crippen molar-refractivity contribution in [3.8, 4) is 11.1 Å². The Balaban J connectivity index is 2.23. The molecule has 1 aromatic carbocycles. The van der Waals surface area contributed by atoms with Gasteiger partial charge in [0.2, 0.25) is 0 Å². The summed E-state index contributed by atoms with van der Waals surface area (Å²) in [6.45, 7) is 8.78. The van der Waals surface area contributed by atoms with Crippen LogP contribution < -0.4 is 0 Å². The molecule has 1 fully saturated rings. The molecule has 1 aliphatic rings. The smallest absolute Gasteiger partial charge is 0.157 e. The summed E-state index contributed by atoms with van der Waals surface area (Å²) in [5.41, 5.74) is 5.63. The maximum atomic E-state index is 13.7. The fourth-order valence-electron chi connectivity index (χ4n) is 4.24. The highest BCUT2D eigenvalue weighted by molar-refractivity contribution is 5.80. The predicted molar refractivity (Wildman–Crippen MR) is 124 cm³/mol. The molecule has 6 heteroatoms. The summed E-state index contributed by atoms with van der Waals surface area (Å²) in [6, 6.07) is 6.47. The van der Waals surface area contributed by atoms with Crippen molar-refractivity contribution in [3.63, 3.8) is 0 Å². The lowest BCUT2D eigenvalue weighted by Crippen LogP contribution is -2.34. The topological polar surface area (TPSA) is 71.8 Å². The zero-order valence-electron chi connectivity index (χ0n) is 19.5. The molecule has 1 unspecified atom stereocenters. The standard InChI is InChI=1S/C26H34FNO4/c1-15(2)25-21(11-10-20-12-19(29)13-23(30)32-20)24(17-6-8-18(27)9-7-17)22(14-31-5)26(28-25)16(3)4/h6-11,15-16,19-20,23,29-30H,12-14H2,1-5H3/b11-10+/t19-,20-,23?/m1/s1/i11+2. The maximum Gasteiger partial charge on any atom is 0.157 e. The van der Waals surface area contributed by atoms with Crippen LogP contribution in [0.25, 0.3) is 17.2 Å². The molecule has 0 spiro atoms. The van der Waals surface area contributed by atoms with Gasteiger partial charge in [0.25, 0.3) is 0 Å². The Labute approximate surface area is 189 Å². The number of hydrogen-bond acceptors (Lipinski definition) is 5. The molecule has 0 saturated carbocycles. The largest absolute Gasteiger partial charge is 0.393 e. The van der Waals surface area contributed by atoms with E-state index in [9.17, 15) is 14.6 Å². The van der Waals surface area contributed by atoms with Gasteiger partial charge in [0.05, 0.1) is 24.5 Å². The lowest BCUT2D eigenvalue weighted by Gasteiger charge is -2.28. The average Bonchev–Trinajstić information content (AvgIpc) is 2.72. The van der Waals surface area contributed by atoms with Crippen molar-refractivity contribution in [3.05, 3.63) is 58.7 Å². The molecule has 1 aliphatic heterocycles. The van der Waals surface area contributed by atoms with Crippen LogP contribution >= 0.6 is 0 Å². The van der Waals surface area contributed by atoms with Gasteiger partial charge in [-0.15, -0.1) is 0 Å². The molecule has 0 radical (unpaired) electrons. The third kappa shape index (κ3) is 5.62. The monoisotopic (exact) mass is 445 g/mol. The van der Waals surface area contributed by atoms with E-state index in [0.29, 0.717) is 13.0 Å². The molecular weight excluding hydrogens is 411 g/mol. The normalized spacial score (nSPS) is 21.8. The van der Waals surface area contributed by atoms with Gasteiger partial charge < -0.3 is 19.7 Å². The summed E-state index contributed by atoms with van der Waals surface area (Å²) < 4.78 is 24.9. The second-order valence-corrected chi connectivity index (χ2v) is 9.01. The van der Waals surface area contributed by atoms with Crippen molar-refractivity contribution < 1.29 is 24.1 Å². The second kappa shape index (κ2) is 10.7. The zero-order chi connectivity index (χ0) is 23.4. The van der Waals surface area contributed by atoms with E-state index in [4.69, 9.17) is 14.5 Å². The van der Waals surface area contributed by atoms with Gasteiger partial charge >= 0.3 is 0 Å². The van der Waals surface area contributed by atoms with Crippen LogP contribution in [0.15, 0.2) is 30.3 Å². The summed E-state index contributed by atoms with van der Waals surface area (Å²) in [4.78, 5) is 5.04. The minimum Gasteiger partial charge on any atom is -0.393 e. The van der Waals surface area contributed by atoms with E-state index < -0.39 is 18.5 Å². The Morgan fingerprint density at radius 3 is 2.34 bits per heavy atom. The van der Waals surface area contributed by atoms with Gasteiger partial charge in [0, 0.05) is 36.8 Å². The number of benzene rings is 1. The van der Waals surface area contributed by atoms with Crippen molar-refractivity contribution in [2.45, 2.75) is 77.5 Å². The van der Waals surface area contributed by atoms with Gasteiger partial charge in [0.15, 0.2) is 6.29 Å². The molecule has 5 nitrogen and oxygen atoms in total.